The molecule has 0 aromatic heterocycles. The van der Waals surface area contributed by atoms with Crippen LogP contribution in [0.1, 0.15) is 41.5 Å². The highest BCUT2D eigenvalue weighted by atomic mass is 127. The Kier molecular flexibility index (Phi) is 9.75. The van der Waals surface area contributed by atoms with Gasteiger partial charge < -0.3 is 9.16 Å². The largest absolute Gasteiger partial charge is 0.466 e. The van der Waals surface area contributed by atoms with E-state index in [1.54, 1.807) is 0 Å². The summed E-state index contributed by atoms with van der Waals surface area (Å²) < 4.78 is 13.4. The summed E-state index contributed by atoms with van der Waals surface area (Å²) in [6, 6.07) is 0. The Morgan fingerprint density at radius 3 is 2.17 bits per heavy atom. The zero-order valence-electron chi connectivity index (χ0n) is 16.6. The number of rotatable bonds is 7. The first-order chi connectivity index (χ1) is 10.9. The molecule has 0 heterocycles. The van der Waals surface area contributed by atoms with Crippen LogP contribution in [0.2, 0.25) is 18.1 Å². The van der Waals surface area contributed by atoms with Gasteiger partial charge in [0.15, 0.2) is 8.32 Å². The molecule has 0 bridgehead atoms. The summed E-state index contributed by atoms with van der Waals surface area (Å²) in [5.74, 6) is -0.255. The minimum atomic E-state index is -1.93. The van der Waals surface area contributed by atoms with Gasteiger partial charge in [-0.05, 0) is 47.2 Å². The van der Waals surface area contributed by atoms with Gasteiger partial charge in [-0.3, -0.25) is 0 Å². The van der Waals surface area contributed by atoms with Crippen molar-refractivity contribution in [1.29, 1.82) is 0 Å². The van der Waals surface area contributed by atoms with Gasteiger partial charge in [0.1, 0.15) is 0 Å². The van der Waals surface area contributed by atoms with E-state index in [-0.39, 0.29) is 23.0 Å². The van der Waals surface area contributed by atoms with Crippen molar-refractivity contribution in [1.82, 2.24) is 0 Å². The molecule has 0 saturated carbocycles. The second kappa shape index (κ2) is 9.92. The molecule has 24 heavy (non-hydrogen) atoms. The molecule has 0 saturated heterocycles. The van der Waals surface area contributed by atoms with Crippen molar-refractivity contribution in [3.05, 3.63) is 33.5 Å². The highest BCUT2D eigenvalue weighted by molar-refractivity contribution is 14.1. The van der Waals surface area contributed by atoms with E-state index in [2.05, 4.69) is 87.4 Å². The fourth-order valence-electron chi connectivity index (χ4n) is 1.98. The second-order valence-corrected chi connectivity index (χ2v) is 13.2. The molecule has 0 aliphatic heterocycles. The highest BCUT2D eigenvalue weighted by Crippen LogP contribution is 2.39. The number of carbonyl (C=O) groups excluding carboxylic acids is 1. The van der Waals surface area contributed by atoms with Gasteiger partial charge in [0.05, 0.1) is 13.2 Å². The smallest absolute Gasteiger partial charge is 0.330 e. The predicted octanol–water partition coefficient (Wildman–Crippen LogP) is 6.03. The second-order valence-electron chi connectivity index (χ2n) is 7.78. The standard InChI is InChI=1S/C19H33IO3Si/c1-14(13-20)12-16(3)18(15(2)10-11-17(21)22-7)23-24(8,9)19(4,5)6/h10-13,15,18H,1-9H3/b11-10+,14-13-,16-12+/t15-,18+/m0/s1. The number of methoxy groups -OCH3 is 1. The number of hydrogen-bond donors (Lipinski definition) is 0. The summed E-state index contributed by atoms with van der Waals surface area (Å²) in [4.78, 5) is 11.4. The Morgan fingerprint density at radius 1 is 1.21 bits per heavy atom. The van der Waals surface area contributed by atoms with Gasteiger partial charge >= 0.3 is 5.97 Å². The summed E-state index contributed by atoms with van der Waals surface area (Å²) in [5.41, 5.74) is 2.37. The molecular weight excluding hydrogens is 431 g/mol. The lowest BCUT2D eigenvalue weighted by molar-refractivity contribution is -0.134. The number of hydrogen-bond acceptors (Lipinski definition) is 3. The van der Waals surface area contributed by atoms with E-state index in [4.69, 9.17) is 9.16 Å². The van der Waals surface area contributed by atoms with Gasteiger partial charge in [0.25, 0.3) is 0 Å². The molecule has 0 radical (unpaired) electrons. The summed E-state index contributed by atoms with van der Waals surface area (Å²) in [7, 11) is -0.542. The third kappa shape index (κ3) is 7.65. The van der Waals surface area contributed by atoms with Gasteiger partial charge in [0, 0.05) is 12.0 Å². The van der Waals surface area contributed by atoms with Crippen LogP contribution in [0.15, 0.2) is 33.5 Å². The first-order valence-electron chi connectivity index (χ1n) is 8.25. The van der Waals surface area contributed by atoms with Crippen molar-refractivity contribution in [2.45, 2.75) is 65.8 Å². The Labute approximate surface area is 162 Å². The van der Waals surface area contributed by atoms with E-state index >= 15 is 0 Å². The number of carbonyl (C=O) groups is 1. The van der Waals surface area contributed by atoms with Crippen molar-refractivity contribution in [2.75, 3.05) is 7.11 Å². The number of halogens is 1. The number of ether oxygens (including phenoxy) is 1. The molecule has 5 heteroatoms. The van der Waals surface area contributed by atoms with Crippen LogP contribution in [0.5, 0.6) is 0 Å². The van der Waals surface area contributed by atoms with Crippen LogP contribution in [0, 0.1) is 5.92 Å². The molecule has 0 aromatic rings. The number of esters is 1. The number of allylic oxidation sites excluding steroid dienone is 2. The van der Waals surface area contributed by atoms with Gasteiger partial charge in [-0.15, -0.1) is 0 Å². The molecular formula is C19H33IO3Si. The summed E-state index contributed by atoms with van der Waals surface area (Å²) in [6.07, 6.45) is 5.47. The maximum absolute atomic E-state index is 11.4. The molecule has 0 amide bonds. The SMILES string of the molecule is COC(=O)/C=C/[C@H](C)[C@@H](O[Si](C)(C)C(C)(C)C)/C(C)=C/C(C)=C\I. The Balaban J connectivity index is 5.65. The third-order valence-corrected chi connectivity index (χ3v) is 9.96. The minimum Gasteiger partial charge on any atom is -0.466 e. The molecule has 0 fully saturated rings. The molecule has 138 valence electrons. The molecule has 0 N–H and O–H groups in total. The minimum absolute atomic E-state index is 0.0573. The lowest BCUT2D eigenvalue weighted by Gasteiger charge is -2.41. The maximum atomic E-state index is 11.4. The third-order valence-electron chi connectivity index (χ3n) is 4.52. The summed E-state index contributed by atoms with van der Waals surface area (Å²) >= 11 is 2.25. The molecule has 0 spiro atoms. The first-order valence-corrected chi connectivity index (χ1v) is 12.4. The first kappa shape index (κ1) is 23.6. The molecule has 2 atom stereocenters. The van der Waals surface area contributed by atoms with Crippen LogP contribution >= 0.6 is 22.6 Å². The summed E-state index contributed by atoms with van der Waals surface area (Å²) in [6.45, 7) is 17.5. The van der Waals surface area contributed by atoms with E-state index in [0.717, 1.165) is 0 Å². The van der Waals surface area contributed by atoms with Crippen molar-refractivity contribution < 1.29 is 14.0 Å². The van der Waals surface area contributed by atoms with Crippen molar-refractivity contribution in [2.24, 2.45) is 5.92 Å². The van der Waals surface area contributed by atoms with E-state index < -0.39 is 8.32 Å². The Hall–Kier alpha value is -0.403. The van der Waals surface area contributed by atoms with Gasteiger partial charge in [0.2, 0.25) is 0 Å². The Bertz CT molecular complexity index is 513. The maximum Gasteiger partial charge on any atom is 0.330 e. The molecule has 0 rings (SSSR count). The average molecular weight is 464 g/mol. The van der Waals surface area contributed by atoms with Crippen LogP contribution in [-0.2, 0) is 14.0 Å². The van der Waals surface area contributed by atoms with Gasteiger partial charge in [-0.2, -0.15) is 0 Å². The topological polar surface area (TPSA) is 35.5 Å². The van der Waals surface area contributed by atoms with Crippen LogP contribution in [0.25, 0.3) is 0 Å². The van der Waals surface area contributed by atoms with Crippen molar-refractivity contribution in [3.8, 4) is 0 Å². The van der Waals surface area contributed by atoms with E-state index in [1.807, 2.05) is 6.08 Å². The van der Waals surface area contributed by atoms with Gasteiger partial charge in [-0.25, -0.2) is 4.79 Å². The predicted molar refractivity (Wildman–Crippen MR) is 114 cm³/mol. The molecule has 3 nitrogen and oxygen atoms in total. The van der Waals surface area contributed by atoms with Crippen molar-refractivity contribution in [3.63, 3.8) is 0 Å². The van der Waals surface area contributed by atoms with E-state index in [0.29, 0.717) is 0 Å². The summed E-state index contributed by atoms with van der Waals surface area (Å²) in [5, 5.41) is 0.130. The molecule has 0 aliphatic carbocycles. The van der Waals surface area contributed by atoms with Crippen LogP contribution in [0.4, 0.5) is 0 Å². The zero-order chi connectivity index (χ0) is 19.1. The molecule has 0 aliphatic rings. The molecule has 0 unspecified atom stereocenters. The molecule has 0 aromatic carbocycles. The van der Waals surface area contributed by atoms with Crippen LogP contribution in [0.3, 0.4) is 0 Å². The Morgan fingerprint density at radius 2 is 1.75 bits per heavy atom. The van der Waals surface area contributed by atoms with Crippen LogP contribution in [-0.4, -0.2) is 27.5 Å². The van der Waals surface area contributed by atoms with E-state index in [1.165, 1.54) is 24.3 Å². The lowest BCUT2D eigenvalue weighted by atomic mass is 9.96. The average Bonchev–Trinajstić information content (AvgIpc) is 2.48. The zero-order valence-corrected chi connectivity index (χ0v) is 19.7. The van der Waals surface area contributed by atoms with Crippen molar-refractivity contribution >= 4 is 36.9 Å². The lowest BCUT2D eigenvalue weighted by Crippen LogP contribution is -2.45. The monoisotopic (exact) mass is 464 g/mol. The fourth-order valence-corrected chi connectivity index (χ4v) is 3.55. The normalized spacial score (nSPS) is 17.1. The fraction of sp³-hybridized carbons (Fsp3) is 0.632. The quantitative estimate of drug-likeness (QED) is 0.152. The van der Waals surface area contributed by atoms with Gasteiger partial charge in [-0.1, -0.05) is 62.4 Å². The highest BCUT2D eigenvalue weighted by Gasteiger charge is 2.40. The van der Waals surface area contributed by atoms with E-state index in [9.17, 15) is 4.79 Å². The van der Waals surface area contributed by atoms with Crippen LogP contribution < -0.4 is 0 Å².